The van der Waals surface area contributed by atoms with E-state index in [1.807, 2.05) is 43.3 Å². The van der Waals surface area contributed by atoms with Gasteiger partial charge in [-0.2, -0.15) is 4.98 Å². The van der Waals surface area contributed by atoms with Crippen molar-refractivity contribution in [3.8, 4) is 17.1 Å². The quantitative estimate of drug-likeness (QED) is 0.523. The molecule has 0 saturated heterocycles. The third kappa shape index (κ3) is 5.57. The Morgan fingerprint density at radius 1 is 1.14 bits per heavy atom. The Morgan fingerprint density at radius 2 is 1.83 bits per heavy atom. The maximum Gasteiger partial charge on any atom is 0.260 e. The third-order valence-electron chi connectivity index (χ3n) is 4.54. The minimum Gasteiger partial charge on any atom is -0.484 e. The number of hydrogen-bond acceptors (Lipinski definition) is 5. The molecule has 0 spiro atoms. The molecule has 3 rings (SSSR count). The summed E-state index contributed by atoms with van der Waals surface area (Å²) in [5.41, 5.74) is 2.03. The van der Waals surface area contributed by atoms with Crippen LogP contribution in [0.4, 0.5) is 0 Å². The molecule has 0 N–H and O–H groups in total. The maximum absolute atomic E-state index is 12.5. The van der Waals surface area contributed by atoms with E-state index in [2.05, 4.69) is 24.0 Å². The van der Waals surface area contributed by atoms with Gasteiger partial charge >= 0.3 is 0 Å². The average molecular weight is 414 g/mol. The zero-order valence-corrected chi connectivity index (χ0v) is 17.5. The molecule has 29 heavy (non-hydrogen) atoms. The van der Waals surface area contributed by atoms with Crippen molar-refractivity contribution in [2.45, 2.75) is 33.2 Å². The first-order chi connectivity index (χ1) is 14.0. The molecule has 0 aliphatic heterocycles. The second kappa shape index (κ2) is 9.56. The molecule has 1 aromatic heterocycles. The van der Waals surface area contributed by atoms with E-state index in [1.165, 1.54) is 5.56 Å². The van der Waals surface area contributed by atoms with Gasteiger partial charge in [0.2, 0.25) is 11.7 Å². The van der Waals surface area contributed by atoms with Gasteiger partial charge in [-0.15, -0.1) is 0 Å². The smallest absolute Gasteiger partial charge is 0.260 e. The van der Waals surface area contributed by atoms with E-state index in [0.717, 1.165) is 5.56 Å². The molecule has 2 aromatic carbocycles. The number of benzene rings is 2. The number of nitrogens with zero attached hydrogens (tertiary/aromatic N) is 3. The van der Waals surface area contributed by atoms with Crippen LogP contribution >= 0.6 is 11.6 Å². The van der Waals surface area contributed by atoms with Crippen LogP contribution in [0.3, 0.4) is 0 Å². The lowest BCUT2D eigenvalue weighted by molar-refractivity contribution is -0.134. The predicted octanol–water partition coefficient (Wildman–Crippen LogP) is 4.94. The molecule has 0 aliphatic rings. The molecule has 6 nitrogen and oxygen atoms in total. The van der Waals surface area contributed by atoms with Gasteiger partial charge in [0.1, 0.15) is 12.3 Å². The third-order valence-corrected chi connectivity index (χ3v) is 4.79. The summed E-state index contributed by atoms with van der Waals surface area (Å²) < 4.78 is 10.9. The minimum absolute atomic E-state index is 0.0486. The molecule has 1 amide bonds. The molecule has 0 bridgehead atoms. The number of aromatic nitrogens is 2. The van der Waals surface area contributed by atoms with Crippen LogP contribution in [-0.2, 0) is 11.3 Å². The normalized spacial score (nSPS) is 10.9. The number of ether oxygens (including phenoxy) is 1. The van der Waals surface area contributed by atoms with Gasteiger partial charge < -0.3 is 14.2 Å². The number of halogens is 1. The predicted molar refractivity (Wildman–Crippen MR) is 112 cm³/mol. The van der Waals surface area contributed by atoms with E-state index < -0.39 is 0 Å². The first-order valence-electron chi connectivity index (χ1n) is 9.55. The van der Waals surface area contributed by atoms with Crippen LogP contribution in [0.25, 0.3) is 11.4 Å². The highest BCUT2D eigenvalue weighted by Crippen LogP contribution is 2.20. The van der Waals surface area contributed by atoms with Crippen LogP contribution in [0, 0.1) is 0 Å². The van der Waals surface area contributed by atoms with E-state index in [4.69, 9.17) is 20.9 Å². The van der Waals surface area contributed by atoms with E-state index in [9.17, 15) is 4.79 Å². The van der Waals surface area contributed by atoms with E-state index >= 15 is 0 Å². The Balaban J connectivity index is 1.58. The summed E-state index contributed by atoms with van der Waals surface area (Å²) in [7, 11) is 0. The van der Waals surface area contributed by atoms with Crippen LogP contribution in [-0.4, -0.2) is 34.1 Å². The van der Waals surface area contributed by atoms with Gasteiger partial charge in [-0.3, -0.25) is 4.79 Å². The first kappa shape index (κ1) is 20.9. The summed E-state index contributed by atoms with van der Waals surface area (Å²) in [4.78, 5) is 18.5. The SMILES string of the molecule is CCN(Cc1nc(-c2ccc(Cl)cc2)no1)C(=O)COc1ccc(C(C)C)cc1. The summed E-state index contributed by atoms with van der Waals surface area (Å²) in [6.07, 6.45) is 0. The van der Waals surface area contributed by atoms with Crippen molar-refractivity contribution in [3.63, 3.8) is 0 Å². The summed E-state index contributed by atoms with van der Waals surface area (Å²) >= 11 is 5.90. The van der Waals surface area contributed by atoms with Crippen molar-refractivity contribution < 1.29 is 14.1 Å². The molecule has 0 unspecified atom stereocenters. The van der Waals surface area contributed by atoms with Crippen LogP contribution in [0.5, 0.6) is 5.75 Å². The highest BCUT2D eigenvalue weighted by Gasteiger charge is 2.17. The van der Waals surface area contributed by atoms with E-state index in [1.54, 1.807) is 17.0 Å². The molecule has 0 atom stereocenters. The molecule has 0 aliphatic carbocycles. The number of hydrogen-bond donors (Lipinski definition) is 0. The van der Waals surface area contributed by atoms with Crippen molar-refractivity contribution in [2.24, 2.45) is 0 Å². The van der Waals surface area contributed by atoms with Crippen molar-refractivity contribution in [2.75, 3.05) is 13.2 Å². The highest BCUT2D eigenvalue weighted by molar-refractivity contribution is 6.30. The van der Waals surface area contributed by atoms with Gasteiger partial charge in [0.15, 0.2) is 6.61 Å². The highest BCUT2D eigenvalue weighted by atomic mass is 35.5. The van der Waals surface area contributed by atoms with Gasteiger partial charge in [-0.25, -0.2) is 0 Å². The summed E-state index contributed by atoms with van der Waals surface area (Å²) in [6.45, 7) is 6.85. The van der Waals surface area contributed by atoms with E-state index in [-0.39, 0.29) is 19.1 Å². The van der Waals surface area contributed by atoms with Gasteiger partial charge in [-0.05, 0) is 54.8 Å². The van der Waals surface area contributed by atoms with Crippen molar-refractivity contribution in [3.05, 3.63) is 65.0 Å². The molecule has 0 radical (unpaired) electrons. The number of carbonyl (C=O) groups is 1. The lowest BCUT2D eigenvalue weighted by Gasteiger charge is -2.19. The molecule has 7 heteroatoms. The molecular weight excluding hydrogens is 390 g/mol. The molecule has 152 valence electrons. The Morgan fingerprint density at radius 3 is 2.45 bits per heavy atom. The van der Waals surface area contributed by atoms with Crippen molar-refractivity contribution >= 4 is 17.5 Å². The van der Waals surface area contributed by atoms with E-state index in [0.29, 0.717) is 34.9 Å². The zero-order valence-electron chi connectivity index (χ0n) is 16.8. The van der Waals surface area contributed by atoms with Crippen molar-refractivity contribution in [1.29, 1.82) is 0 Å². The van der Waals surface area contributed by atoms with Crippen molar-refractivity contribution in [1.82, 2.24) is 15.0 Å². The summed E-state index contributed by atoms with van der Waals surface area (Å²) in [6, 6.07) is 15.0. The first-order valence-corrected chi connectivity index (χ1v) is 9.93. The van der Waals surface area contributed by atoms with Crippen LogP contribution in [0.1, 0.15) is 38.1 Å². The fourth-order valence-electron chi connectivity index (χ4n) is 2.76. The minimum atomic E-state index is -0.147. The molecule has 0 fully saturated rings. The van der Waals surface area contributed by atoms with Gasteiger partial charge in [-0.1, -0.05) is 42.7 Å². The van der Waals surface area contributed by atoms with Crippen LogP contribution in [0.15, 0.2) is 53.1 Å². The van der Waals surface area contributed by atoms with Gasteiger partial charge in [0.25, 0.3) is 5.91 Å². The number of likely N-dealkylation sites (N-methyl/N-ethyl adjacent to an activating group) is 1. The number of rotatable bonds is 8. The molecular formula is C22H24ClN3O3. The monoisotopic (exact) mass is 413 g/mol. The Labute approximate surface area is 175 Å². The largest absolute Gasteiger partial charge is 0.484 e. The Bertz CT molecular complexity index is 937. The van der Waals surface area contributed by atoms with Crippen LogP contribution in [0.2, 0.25) is 5.02 Å². The number of carbonyl (C=O) groups excluding carboxylic acids is 1. The maximum atomic E-state index is 12.5. The number of amides is 1. The second-order valence-electron chi connectivity index (χ2n) is 6.94. The Hall–Kier alpha value is -2.86. The lowest BCUT2D eigenvalue weighted by atomic mass is 10.0. The lowest BCUT2D eigenvalue weighted by Crippen LogP contribution is -2.34. The fraction of sp³-hybridized carbons (Fsp3) is 0.318. The standard InChI is InChI=1S/C22H24ClN3O3/c1-4-26(21(27)14-28-19-11-7-16(8-12-19)15(2)3)13-20-24-22(25-29-20)17-5-9-18(23)10-6-17/h5-12,15H,4,13-14H2,1-3H3. The van der Waals surface area contributed by atoms with Crippen LogP contribution < -0.4 is 4.74 Å². The van der Waals surface area contributed by atoms with Gasteiger partial charge in [0.05, 0.1) is 0 Å². The topological polar surface area (TPSA) is 68.5 Å². The fourth-order valence-corrected chi connectivity index (χ4v) is 2.89. The second-order valence-corrected chi connectivity index (χ2v) is 7.38. The Kier molecular flexibility index (Phi) is 6.88. The molecule has 3 aromatic rings. The summed E-state index contributed by atoms with van der Waals surface area (Å²) in [5, 5.41) is 4.62. The molecule has 0 saturated carbocycles. The average Bonchev–Trinajstić information content (AvgIpc) is 3.19. The van der Waals surface area contributed by atoms with Gasteiger partial charge in [0, 0.05) is 17.1 Å². The summed E-state index contributed by atoms with van der Waals surface area (Å²) in [5.74, 6) is 1.80. The molecule has 1 heterocycles. The zero-order chi connectivity index (χ0) is 20.8.